The van der Waals surface area contributed by atoms with Crippen molar-refractivity contribution in [3.63, 3.8) is 0 Å². The number of fused-ring (bicyclic) bond motifs is 1. The molecule has 1 fully saturated rings. The lowest BCUT2D eigenvalue weighted by atomic mass is 10.1. The molecule has 3 aromatic rings. The van der Waals surface area contributed by atoms with Gasteiger partial charge in [0.15, 0.2) is 16.6 Å². The first-order chi connectivity index (χ1) is 19.8. The van der Waals surface area contributed by atoms with Crippen molar-refractivity contribution >= 4 is 40.0 Å². The Morgan fingerprint density at radius 3 is 2.61 bits per heavy atom. The van der Waals surface area contributed by atoms with Crippen molar-refractivity contribution in [3.05, 3.63) is 42.2 Å². The van der Waals surface area contributed by atoms with Crippen LogP contribution < -0.4 is 25.0 Å². The summed E-state index contributed by atoms with van der Waals surface area (Å²) >= 11 is 5.62. The van der Waals surface area contributed by atoms with Gasteiger partial charge in [-0.15, -0.1) is 0 Å². The molecule has 3 heterocycles. The number of ether oxygens (including phenoxy) is 2. The van der Waals surface area contributed by atoms with E-state index in [-0.39, 0.29) is 25.4 Å². The number of amides is 1. The zero-order valence-corrected chi connectivity index (χ0v) is 24.2. The number of hydrogen-bond donors (Lipinski definition) is 4. The third kappa shape index (κ3) is 8.08. The molecule has 1 aliphatic rings. The number of rotatable bonds is 11. The van der Waals surface area contributed by atoms with Crippen LogP contribution in [-0.2, 0) is 11.3 Å². The zero-order valence-electron chi connectivity index (χ0n) is 23.4. The van der Waals surface area contributed by atoms with Crippen LogP contribution in [0.2, 0.25) is 0 Å². The van der Waals surface area contributed by atoms with Gasteiger partial charge in [-0.25, -0.2) is 9.97 Å². The average molecular weight is 585 g/mol. The summed E-state index contributed by atoms with van der Waals surface area (Å²) in [4.78, 5) is 33.4. The van der Waals surface area contributed by atoms with Crippen molar-refractivity contribution in [2.45, 2.75) is 38.5 Å². The minimum atomic E-state index is -0.976. The van der Waals surface area contributed by atoms with Gasteiger partial charge in [-0.1, -0.05) is 0 Å². The topological polar surface area (TPSA) is 158 Å². The Morgan fingerprint density at radius 2 is 1.90 bits per heavy atom. The van der Waals surface area contributed by atoms with E-state index in [0.717, 1.165) is 35.7 Å². The van der Waals surface area contributed by atoms with E-state index >= 15 is 0 Å². The van der Waals surface area contributed by atoms with E-state index in [2.05, 4.69) is 40.4 Å². The molecule has 2 atom stereocenters. The molecule has 1 aliphatic heterocycles. The van der Waals surface area contributed by atoms with Crippen LogP contribution >= 0.6 is 12.2 Å². The number of hydrogen-bond acceptors (Lipinski definition) is 11. The zero-order chi connectivity index (χ0) is 29.4. The smallest absolute Gasteiger partial charge is 0.222 e. The first-order valence-corrected chi connectivity index (χ1v) is 13.8. The molecule has 0 bridgehead atoms. The number of anilines is 1. The number of aromatic nitrogens is 4. The number of nitrogens with zero attached hydrogens (tertiary/aromatic N) is 6. The van der Waals surface area contributed by atoms with E-state index in [1.165, 1.54) is 20.5 Å². The molecule has 41 heavy (non-hydrogen) atoms. The van der Waals surface area contributed by atoms with E-state index in [9.17, 15) is 15.0 Å². The second-order valence-electron chi connectivity index (χ2n) is 9.73. The Morgan fingerprint density at radius 1 is 1.12 bits per heavy atom. The molecule has 14 heteroatoms. The van der Waals surface area contributed by atoms with E-state index < -0.39 is 12.2 Å². The summed E-state index contributed by atoms with van der Waals surface area (Å²) in [5, 5.41) is 27.5. The van der Waals surface area contributed by atoms with Crippen LogP contribution in [0.1, 0.15) is 24.2 Å². The van der Waals surface area contributed by atoms with Gasteiger partial charge in [-0.05, 0) is 25.2 Å². The number of piperazine rings is 1. The summed E-state index contributed by atoms with van der Waals surface area (Å²) in [5.74, 6) is 1.36. The lowest BCUT2D eigenvalue weighted by Crippen LogP contribution is -2.51. The van der Waals surface area contributed by atoms with Gasteiger partial charge >= 0.3 is 0 Å². The van der Waals surface area contributed by atoms with E-state index in [1.807, 2.05) is 13.0 Å². The highest BCUT2D eigenvalue weighted by molar-refractivity contribution is 7.80. The van der Waals surface area contributed by atoms with Gasteiger partial charge in [-0.3, -0.25) is 14.8 Å². The van der Waals surface area contributed by atoms with Crippen LogP contribution in [-0.4, -0.2) is 105 Å². The number of aliphatic hydroxyl groups excluding tert-OH is 2. The fourth-order valence-electron chi connectivity index (χ4n) is 4.54. The monoisotopic (exact) mass is 584 g/mol. The van der Waals surface area contributed by atoms with Gasteiger partial charge in [0, 0.05) is 57.3 Å². The lowest BCUT2D eigenvalue weighted by Gasteiger charge is -2.37. The summed E-state index contributed by atoms with van der Waals surface area (Å²) in [6.45, 7) is 5.20. The number of benzene rings is 1. The molecule has 1 saturated heterocycles. The molecule has 0 aliphatic carbocycles. The molecule has 2 unspecified atom stereocenters. The van der Waals surface area contributed by atoms with Gasteiger partial charge in [0.05, 0.1) is 55.4 Å². The van der Waals surface area contributed by atoms with Crippen LogP contribution in [0.25, 0.3) is 10.9 Å². The highest BCUT2D eigenvalue weighted by atomic mass is 32.1. The van der Waals surface area contributed by atoms with E-state index in [1.54, 1.807) is 18.5 Å². The summed E-state index contributed by atoms with van der Waals surface area (Å²) in [5.41, 5.74) is 2.37. The SMILES string of the molecule is CNC(=O)CC(O)CC(O)COc1cc2ncnc(N3CCN(C(=S)NCc4cncc(C)n4)CC3)c2cc1OC. The standard InChI is InChI=1S/C27H36N8O5S/c1-17-12-29-13-18(33-17)14-30-27(41)35-6-4-34(5-7-35)26-21-10-23(39-3)24(11-22(21)31-16-32-26)40-15-20(37)8-19(36)9-25(38)28-2/h10-13,16,19-20,36-37H,4-9,14-15H2,1-3H3,(H,28,38)(H,30,41). The summed E-state index contributed by atoms with van der Waals surface area (Å²) in [7, 11) is 3.03. The predicted molar refractivity (Wildman–Crippen MR) is 157 cm³/mol. The predicted octanol–water partition coefficient (Wildman–Crippen LogP) is 0.560. The molecule has 4 N–H and O–H groups in total. The molecule has 1 amide bonds. The summed E-state index contributed by atoms with van der Waals surface area (Å²) < 4.78 is 11.4. The largest absolute Gasteiger partial charge is 0.493 e. The Bertz CT molecular complexity index is 1350. The molecule has 1 aromatic carbocycles. The number of nitrogens with one attached hydrogen (secondary N) is 2. The Hall–Kier alpha value is -3.88. The normalized spacial score (nSPS) is 14.9. The average Bonchev–Trinajstić information content (AvgIpc) is 2.98. The first-order valence-electron chi connectivity index (χ1n) is 13.3. The highest BCUT2D eigenvalue weighted by Crippen LogP contribution is 2.35. The molecular formula is C27H36N8O5S. The molecule has 0 spiro atoms. The van der Waals surface area contributed by atoms with Crippen LogP contribution in [0.4, 0.5) is 5.82 Å². The molecule has 0 radical (unpaired) electrons. The Balaban J connectivity index is 1.37. The van der Waals surface area contributed by atoms with Crippen molar-refractivity contribution < 1.29 is 24.5 Å². The van der Waals surface area contributed by atoms with E-state index in [4.69, 9.17) is 21.7 Å². The minimum Gasteiger partial charge on any atom is -0.493 e. The number of aliphatic hydroxyl groups is 2. The molecular weight excluding hydrogens is 548 g/mol. The van der Waals surface area contributed by atoms with Crippen molar-refractivity contribution in [1.82, 2.24) is 35.5 Å². The first kappa shape index (κ1) is 30.1. The van der Waals surface area contributed by atoms with Gasteiger partial charge < -0.3 is 40.1 Å². The maximum Gasteiger partial charge on any atom is 0.222 e. The van der Waals surface area contributed by atoms with Crippen molar-refractivity contribution in [2.75, 3.05) is 51.8 Å². The Kier molecular flexibility index (Phi) is 10.4. The number of thiocarbonyl (C=S) groups is 1. The fraction of sp³-hybridized carbons (Fsp3) is 0.481. The maximum atomic E-state index is 11.4. The molecule has 4 rings (SSSR count). The second-order valence-corrected chi connectivity index (χ2v) is 10.1. The number of aryl methyl sites for hydroxylation is 1. The third-order valence-corrected chi connectivity index (χ3v) is 7.07. The highest BCUT2D eigenvalue weighted by Gasteiger charge is 2.23. The van der Waals surface area contributed by atoms with Crippen LogP contribution in [0.3, 0.4) is 0 Å². The maximum absolute atomic E-state index is 11.4. The van der Waals surface area contributed by atoms with Gasteiger partial charge in [0.1, 0.15) is 18.8 Å². The minimum absolute atomic E-state index is 0.000587. The fourth-order valence-corrected chi connectivity index (χ4v) is 4.80. The van der Waals surface area contributed by atoms with Gasteiger partial charge in [-0.2, -0.15) is 0 Å². The van der Waals surface area contributed by atoms with Gasteiger partial charge in [0.25, 0.3) is 0 Å². The number of carbonyl (C=O) groups excluding carboxylic acids is 1. The quantitative estimate of drug-likeness (QED) is 0.232. The van der Waals surface area contributed by atoms with E-state index in [0.29, 0.717) is 41.8 Å². The van der Waals surface area contributed by atoms with Crippen molar-refractivity contribution in [1.29, 1.82) is 0 Å². The number of methoxy groups -OCH3 is 1. The molecule has 13 nitrogen and oxygen atoms in total. The third-order valence-electron chi connectivity index (χ3n) is 6.67. The molecule has 0 saturated carbocycles. The Labute approximate surface area is 243 Å². The van der Waals surface area contributed by atoms with Gasteiger partial charge in [0.2, 0.25) is 5.91 Å². The lowest BCUT2D eigenvalue weighted by molar-refractivity contribution is -0.122. The molecule has 2 aromatic heterocycles. The van der Waals surface area contributed by atoms with Crippen LogP contribution in [0.5, 0.6) is 11.5 Å². The van der Waals surface area contributed by atoms with Crippen LogP contribution in [0, 0.1) is 6.92 Å². The van der Waals surface area contributed by atoms with Crippen molar-refractivity contribution in [2.24, 2.45) is 0 Å². The van der Waals surface area contributed by atoms with Crippen LogP contribution in [0.15, 0.2) is 30.9 Å². The number of carbonyl (C=O) groups is 1. The summed E-state index contributed by atoms with van der Waals surface area (Å²) in [6.07, 6.45) is 2.92. The molecule has 220 valence electrons. The van der Waals surface area contributed by atoms with Crippen molar-refractivity contribution in [3.8, 4) is 11.5 Å². The summed E-state index contributed by atoms with van der Waals surface area (Å²) in [6, 6.07) is 3.57. The second kappa shape index (κ2) is 14.1.